The zero-order valence-electron chi connectivity index (χ0n) is 7.63. The van der Waals surface area contributed by atoms with Crippen molar-refractivity contribution in [3.8, 4) is 0 Å². The van der Waals surface area contributed by atoms with Crippen molar-refractivity contribution in [1.29, 1.82) is 0 Å². The summed E-state index contributed by atoms with van der Waals surface area (Å²) in [6.45, 7) is 2.93. The van der Waals surface area contributed by atoms with Crippen molar-refractivity contribution in [2.75, 3.05) is 6.61 Å². The number of aliphatic hydroxyl groups is 1. The quantitative estimate of drug-likeness (QED) is 0.848. The molecule has 0 amide bonds. The molecule has 0 radical (unpaired) electrons. The molecule has 0 heterocycles. The Morgan fingerprint density at radius 1 is 1.38 bits per heavy atom. The number of benzene rings is 1. The smallest absolute Gasteiger partial charge is 0.0582 e. The lowest BCUT2D eigenvalue weighted by Gasteiger charge is -2.10. The molecule has 3 heteroatoms. The molecule has 0 saturated carbocycles. The molecule has 0 spiro atoms. The van der Waals surface area contributed by atoms with Crippen LogP contribution in [0, 0.1) is 0 Å². The molecule has 0 bridgehead atoms. The van der Waals surface area contributed by atoms with Gasteiger partial charge in [0.15, 0.2) is 0 Å². The summed E-state index contributed by atoms with van der Waals surface area (Å²) in [7, 11) is 0. The van der Waals surface area contributed by atoms with Gasteiger partial charge in [0.1, 0.15) is 0 Å². The Kier molecular flexibility index (Phi) is 4.42. The van der Waals surface area contributed by atoms with Crippen molar-refractivity contribution < 1.29 is 5.11 Å². The number of nitrogens with one attached hydrogen (secondary N) is 1. The molecular weight excluding hydrogens is 230 g/mol. The fourth-order valence-corrected chi connectivity index (χ4v) is 1.22. The molecule has 1 rings (SSSR count). The summed E-state index contributed by atoms with van der Waals surface area (Å²) in [5.41, 5.74) is 1.23. The van der Waals surface area contributed by atoms with E-state index >= 15 is 0 Å². The van der Waals surface area contributed by atoms with Crippen LogP contribution in [-0.2, 0) is 6.54 Å². The summed E-state index contributed by atoms with van der Waals surface area (Å²) >= 11 is 3.38. The topological polar surface area (TPSA) is 32.3 Å². The predicted molar refractivity (Wildman–Crippen MR) is 57.5 cm³/mol. The molecule has 0 saturated heterocycles. The highest BCUT2D eigenvalue weighted by Gasteiger charge is 1.98. The van der Waals surface area contributed by atoms with E-state index < -0.39 is 0 Å². The third kappa shape index (κ3) is 3.89. The normalized spacial score (nSPS) is 12.8. The summed E-state index contributed by atoms with van der Waals surface area (Å²) in [5, 5.41) is 12.0. The van der Waals surface area contributed by atoms with Crippen molar-refractivity contribution in [3.05, 3.63) is 34.3 Å². The van der Waals surface area contributed by atoms with E-state index in [0.717, 1.165) is 11.0 Å². The van der Waals surface area contributed by atoms with Gasteiger partial charge in [-0.15, -0.1) is 0 Å². The van der Waals surface area contributed by atoms with Gasteiger partial charge >= 0.3 is 0 Å². The van der Waals surface area contributed by atoms with Crippen LogP contribution >= 0.6 is 15.9 Å². The Hall–Kier alpha value is -0.380. The maximum Gasteiger partial charge on any atom is 0.0582 e. The fourth-order valence-electron chi connectivity index (χ4n) is 0.959. The highest BCUT2D eigenvalue weighted by Crippen LogP contribution is 2.10. The van der Waals surface area contributed by atoms with E-state index in [1.165, 1.54) is 5.56 Å². The van der Waals surface area contributed by atoms with E-state index in [-0.39, 0.29) is 12.6 Å². The van der Waals surface area contributed by atoms with Crippen molar-refractivity contribution >= 4 is 15.9 Å². The van der Waals surface area contributed by atoms with Gasteiger partial charge in [0, 0.05) is 17.1 Å². The van der Waals surface area contributed by atoms with Crippen LogP contribution < -0.4 is 5.32 Å². The Morgan fingerprint density at radius 3 is 2.54 bits per heavy atom. The van der Waals surface area contributed by atoms with Gasteiger partial charge in [-0.25, -0.2) is 0 Å². The van der Waals surface area contributed by atoms with Crippen molar-refractivity contribution in [2.45, 2.75) is 19.5 Å². The molecule has 0 aliphatic heterocycles. The van der Waals surface area contributed by atoms with Crippen LogP contribution in [0.5, 0.6) is 0 Å². The van der Waals surface area contributed by atoms with E-state index in [9.17, 15) is 0 Å². The summed E-state index contributed by atoms with van der Waals surface area (Å²) in [6, 6.07) is 8.30. The first-order chi connectivity index (χ1) is 6.22. The first-order valence-electron chi connectivity index (χ1n) is 4.31. The molecule has 2 N–H and O–H groups in total. The second-order valence-corrected chi connectivity index (χ2v) is 4.01. The van der Waals surface area contributed by atoms with Crippen LogP contribution in [-0.4, -0.2) is 17.8 Å². The molecule has 1 aromatic rings. The van der Waals surface area contributed by atoms with Crippen LogP contribution in [0.25, 0.3) is 0 Å². The zero-order valence-corrected chi connectivity index (χ0v) is 9.21. The van der Waals surface area contributed by atoms with Crippen molar-refractivity contribution in [1.82, 2.24) is 5.32 Å². The average Bonchev–Trinajstić information content (AvgIpc) is 2.16. The van der Waals surface area contributed by atoms with Gasteiger partial charge in [-0.05, 0) is 24.6 Å². The van der Waals surface area contributed by atoms with Gasteiger partial charge < -0.3 is 10.4 Å². The molecule has 0 aromatic heterocycles. The second-order valence-electron chi connectivity index (χ2n) is 3.09. The van der Waals surface area contributed by atoms with Crippen LogP contribution in [0.2, 0.25) is 0 Å². The monoisotopic (exact) mass is 243 g/mol. The minimum absolute atomic E-state index is 0.156. The van der Waals surface area contributed by atoms with Crippen LogP contribution in [0.1, 0.15) is 12.5 Å². The van der Waals surface area contributed by atoms with Gasteiger partial charge in [-0.3, -0.25) is 0 Å². The Balaban J connectivity index is 2.41. The molecule has 1 atom stereocenters. The Labute approximate surface area is 87.1 Å². The fraction of sp³-hybridized carbons (Fsp3) is 0.400. The molecular formula is C10H14BrNO. The lowest BCUT2D eigenvalue weighted by molar-refractivity contribution is 0.251. The summed E-state index contributed by atoms with van der Waals surface area (Å²) in [5.74, 6) is 0. The largest absolute Gasteiger partial charge is 0.395 e. The average molecular weight is 244 g/mol. The van der Waals surface area contributed by atoms with E-state index in [1.807, 2.05) is 19.1 Å². The van der Waals surface area contributed by atoms with E-state index in [0.29, 0.717) is 0 Å². The number of hydrogen-bond acceptors (Lipinski definition) is 2. The van der Waals surface area contributed by atoms with E-state index in [4.69, 9.17) is 5.11 Å². The number of hydrogen-bond donors (Lipinski definition) is 2. The highest BCUT2D eigenvalue weighted by molar-refractivity contribution is 9.10. The third-order valence-corrected chi connectivity index (χ3v) is 2.37. The number of rotatable bonds is 4. The summed E-state index contributed by atoms with van der Waals surface area (Å²) in [4.78, 5) is 0. The van der Waals surface area contributed by atoms with Crippen LogP contribution in [0.3, 0.4) is 0 Å². The lowest BCUT2D eigenvalue weighted by Crippen LogP contribution is -2.28. The molecule has 1 aromatic carbocycles. The van der Waals surface area contributed by atoms with Gasteiger partial charge in [-0.2, -0.15) is 0 Å². The van der Waals surface area contributed by atoms with E-state index in [1.54, 1.807) is 0 Å². The third-order valence-electron chi connectivity index (χ3n) is 1.84. The summed E-state index contributed by atoms with van der Waals surface area (Å²) < 4.78 is 1.09. The molecule has 0 aliphatic rings. The van der Waals surface area contributed by atoms with Gasteiger partial charge in [0.05, 0.1) is 6.61 Å². The number of aliphatic hydroxyl groups excluding tert-OH is 1. The first-order valence-corrected chi connectivity index (χ1v) is 5.10. The van der Waals surface area contributed by atoms with Crippen LogP contribution in [0.4, 0.5) is 0 Å². The van der Waals surface area contributed by atoms with Gasteiger partial charge in [-0.1, -0.05) is 28.1 Å². The highest BCUT2D eigenvalue weighted by atomic mass is 79.9. The molecule has 13 heavy (non-hydrogen) atoms. The molecule has 0 unspecified atom stereocenters. The standard InChI is InChI=1S/C10H14BrNO/c1-8(7-13)12-6-9-2-4-10(11)5-3-9/h2-5,8,12-13H,6-7H2,1H3/t8-/m1/s1. The Morgan fingerprint density at radius 2 is 2.00 bits per heavy atom. The van der Waals surface area contributed by atoms with Crippen LogP contribution in [0.15, 0.2) is 28.7 Å². The molecule has 2 nitrogen and oxygen atoms in total. The van der Waals surface area contributed by atoms with Crippen molar-refractivity contribution in [2.24, 2.45) is 0 Å². The minimum Gasteiger partial charge on any atom is -0.395 e. The van der Waals surface area contributed by atoms with Gasteiger partial charge in [0.25, 0.3) is 0 Å². The maximum absolute atomic E-state index is 8.79. The van der Waals surface area contributed by atoms with Crippen molar-refractivity contribution in [3.63, 3.8) is 0 Å². The molecule has 72 valence electrons. The first kappa shape index (κ1) is 10.7. The lowest BCUT2D eigenvalue weighted by atomic mass is 10.2. The maximum atomic E-state index is 8.79. The zero-order chi connectivity index (χ0) is 9.68. The van der Waals surface area contributed by atoms with E-state index in [2.05, 4.69) is 33.4 Å². The predicted octanol–water partition coefficient (Wildman–Crippen LogP) is 1.92. The molecule has 0 aliphatic carbocycles. The minimum atomic E-state index is 0.156. The molecule has 0 fully saturated rings. The van der Waals surface area contributed by atoms with Gasteiger partial charge in [0.2, 0.25) is 0 Å². The SMILES string of the molecule is C[C@H](CO)NCc1ccc(Br)cc1. The number of halogens is 1. The summed E-state index contributed by atoms with van der Waals surface area (Å²) in [6.07, 6.45) is 0. The Bertz CT molecular complexity index is 248. The second kappa shape index (κ2) is 5.37.